The Balaban J connectivity index is 1.75. The molecule has 3 aliphatic rings. The standard InChI is InChI=1S/C17H20O4S/c18-22(19)13-4-3-5-14(22)11-12(10-13)15-6-1-2-7-16(15)17-20-8-9-21-17/h1-2,6-7,10,13-14,17H,3-5,8-9,11H2. The molecule has 0 N–H and O–H groups in total. The first-order chi connectivity index (χ1) is 10.7. The third-order valence-corrected chi connectivity index (χ3v) is 7.47. The maximum absolute atomic E-state index is 12.4. The van der Waals surface area contributed by atoms with E-state index >= 15 is 0 Å². The highest BCUT2D eigenvalue weighted by Crippen LogP contribution is 2.41. The minimum absolute atomic E-state index is 0.218. The molecule has 1 aromatic rings. The van der Waals surface area contributed by atoms with E-state index in [1.807, 2.05) is 24.3 Å². The molecule has 5 heteroatoms. The summed E-state index contributed by atoms with van der Waals surface area (Å²) in [5.41, 5.74) is 3.24. The molecule has 2 bridgehead atoms. The first-order valence-electron chi connectivity index (χ1n) is 7.92. The zero-order valence-electron chi connectivity index (χ0n) is 12.4. The Morgan fingerprint density at radius 3 is 2.59 bits per heavy atom. The molecular formula is C17H20O4S. The van der Waals surface area contributed by atoms with Crippen molar-refractivity contribution in [3.05, 3.63) is 41.5 Å². The molecule has 2 fully saturated rings. The molecule has 4 rings (SSSR count). The van der Waals surface area contributed by atoms with Gasteiger partial charge in [0.05, 0.1) is 23.7 Å². The molecule has 2 unspecified atom stereocenters. The summed E-state index contributed by atoms with van der Waals surface area (Å²) in [5, 5.41) is -0.529. The Hall–Kier alpha value is -1.17. The quantitative estimate of drug-likeness (QED) is 0.841. The van der Waals surface area contributed by atoms with Crippen molar-refractivity contribution in [2.75, 3.05) is 13.2 Å². The maximum Gasteiger partial charge on any atom is 0.184 e. The average Bonchev–Trinajstić information content (AvgIpc) is 3.00. The fourth-order valence-electron chi connectivity index (χ4n) is 3.79. The van der Waals surface area contributed by atoms with Crippen LogP contribution >= 0.6 is 0 Å². The lowest BCUT2D eigenvalue weighted by Crippen LogP contribution is -2.38. The van der Waals surface area contributed by atoms with Gasteiger partial charge < -0.3 is 9.47 Å². The lowest BCUT2D eigenvalue weighted by atomic mass is 9.90. The van der Waals surface area contributed by atoms with Crippen molar-refractivity contribution >= 4 is 15.4 Å². The van der Waals surface area contributed by atoms with Gasteiger partial charge in [0.2, 0.25) is 0 Å². The second-order valence-electron chi connectivity index (χ2n) is 6.24. The molecule has 3 heterocycles. The average molecular weight is 320 g/mol. The smallest absolute Gasteiger partial charge is 0.184 e. The summed E-state index contributed by atoms with van der Waals surface area (Å²) in [5.74, 6) is 0. The molecule has 22 heavy (non-hydrogen) atoms. The summed E-state index contributed by atoms with van der Waals surface area (Å²) >= 11 is 0. The lowest BCUT2D eigenvalue weighted by molar-refractivity contribution is -0.0443. The minimum Gasteiger partial charge on any atom is -0.346 e. The predicted molar refractivity (Wildman–Crippen MR) is 84.0 cm³/mol. The summed E-state index contributed by atoms with van der Waals surface area (Å²) in [6.45, 7) is 1.22. The third kappa shape index (κ3) is 2.32. The Morgan fingerprint density at radius 1 is 1.05 bits per heavy atom. The third-order valence-electron chi connectivity index (χ3n) is 4.92. The van der Waals surface area contributed by atoms with Crippen LogP contribution in [0.3, 0.4) is 0 Å². The van der Waals surface area contributed by atoms with Crippen molar-refractivity contribution in [2.24, 2.45) is 0 Å². The number of fused-ring (bicyclic) bond motifs is 2. The molecule has 3 aliphatic heterocycles. The molecule has 0 aromatic heterocycles. The van der Waals surface area contributed by atoms with Gasteiger partial charge in [0, 0.05) is 5.56 Å². The van der Waals surface area contributed by atoms with Gasteiger partial charge in [-0.2, -0.15) is 0 Å². The summed E-state index contributed by atoms with van der Waals surface area (Å²) in [4.78, 5) is 0. The number of hydrogen-bond donors (Lipinski definition) is 0. The Kier molecular flexibility index (Phi) is 3.59. The van der Waals surface area contributed by atoms with Crippen molar-refractivity contribution in [3.63, 3.8) is 0 Å². The second kappa shape index (κ2) is 5.48. The van der Waals surface area contributed by atoms with Gasteiger partial charge in [-0.1, -0.05) is 36.8 Å². The topological polar surface area (TPSA) is 52.6 Å². The van der Waals surface area contributed by atoms with E-state index in [4.69, 9.17) is 9.47 Å². The van der Waals surface area contributed by atoms with E-state index in [9.17, 15) is 8.42 Å². The molecule has 0 radical (unpaired) electrons. The van der Waals surface area contributed by atoms with E-state index in [0.29, 0.717) is 19.6 Å². The number of ether oxygens (including phenoxy) is 2. The molecule has 0 spiro atoms. The number of benzene rings is 1. The van der Waals surface area contributed by atoms with Crippen LogP contribution in [0, 0.1) is 0 Å². The van der Waals surface area contributed by atoms with Crippen molar-refractivity contribution < 1.29 is 17.9 Å². The molecule has 0 saturated carbocycles. The van der Waals surface area contributed by atoms with Crippen molar-refractivity contribution in [3.8, 4) is 0 Å². The highest BCUT2D eigenvalue weighted by molar-refractivity contribution is 7.93. The fourth-order valence-corrected chi connectivity index (χ4v) is 6.04. The predicted octanol–water partition coefficient (Wildman–Crippen LogP) is 2.86. The highest BCUT2D eigenvalue weighted by atomic mass is 32.2. The van der Waals surface area contributed by atoms with Gasteiger partial charge in [0.25, 0.3) is 0 Å². The SMILES string of the molecule is O=S1(=O)C2C=C(c3ccccc3C3OCCO3)CC1CCC2. The van der Waals surface area contributed by atoms with Gasteiger partial charge in [-0.3, -0.25) is 0 Å². The van der Waals surface area contributed by atoms with E-state index in [0.717, 1.165) is 36.0 Å². The van der Waals surface area contributed by atoms with Gasteiger partial charge >= 0.3 is 0 Å². The van der Waals surface area contributed by atoms with Crippen molar-refractivity contribution in [2.45, 2.75) is 42.5 Å². The Morgan fingerprint density at radius 2 is 1.82 bits per heavy atom. The van der Waals surface area contributed by atoms with Crippen LogP contribution in [-0.2, 0) is 19.3 Å². The molecule has 4 nitrogen and oxygen atoms in total. The molecule has 0 aliphatic carbocycles. The maximum atomic E-state index is 12.4. The Labute approximate surface area is 131 Å². The number of allylic oxidation sites excluding steroid dienone is 1. The Bertz CT molecular complexity index is 701. The molecular weight excluding hydrogens is 300 g/mol. The van der Waals surface area contributed by atoms with Crippen molar-refractivity contribution in [1.29, 1.82) is 0 Å². The zero-order valence-corrected chi connectivity index (χ0v) is 13.2. The number of sulfone groups is 1. The van der Waals surface area contributed by atoms with Crippen LogP contribution in [0.25, 0.3) is 5.57 Å². The summed E-state index contributed by atoms with van der Waals surface area (Å²) < 4.78 is 36.1. The van der Waals surface area contributed by atoms with Crippen LogP contribution in [0.2, 0.25) is 0 Å². The van der Waals surface area contributed by atoms with Crippen LogP contribution in [0.1, 0.15) is 43.1 Å². The van der Waals surface area contributed by atoms with Crippen LogP contribution in [0.15, 0.2) is 30.3 Å². The van der Waals surface area contributed by atoms with Gasteiger partial charge in [-0.05, 0) is 30.4 Å². The number of rotatable bonds is 2. The van der Waals surface area contributed by atoms with Gasteiger partial charge in [0.1, 0.15) is 0 Å². The minimum atomic E-state index is -2.98. The normalized spacial score (nSPS) is 31.0. The zero-order chi connectivity index (χ0) is 15.2. The second-order valence-corrected chi connectivity index (χ2v) is 8.69. The van der Waals surface area contributed by atoms with Crippen LogP contribution in [0.4, 0.5) is 0 Å². The summed E-state index contributed by atoms with van der Waals surface area (Å²) in [7, 11) is -2.98. The lowest BCUT2D eigenvalue weighted by Gasteiger charge is -2.34. The highest BCUT2D eigenvalue weighted by Gasteiger charge is 2.41. The van der Waals surface area contributed by atoms with Gasteiger partial charge in [-0.25, -0.2) is 8.42 Å². The van der Waals surface area contributed by atoms with E-state index in [-0.39, 0.29) is 16.8 Å². The molecule has 118 valence electrons. The fraction of sp³-hybridized carbons (Fsp3) is 0.529. The first-order valence-corrected chi connectivity index (χ1v) is 9.53. The van der Waals surface area contributed by atoms with Crippen molar-refractivity contribution in [1.82, 2.24) is 0 Å². The molecule has 1 aromatic carbocycles. The largest absolute Gasteiger partial charge is 0.346 e. The van der Waals surface area contributed by atoms with E-state index in [1.165, 1.54) is 0 Å². The van der Waals surface area contributed by atoms with Gasteiger partial charge in [0.15, 0.2) is 16.1 Å². The molecule has 2 saturated heterocycles. The summed E-state index contributed by atoms with van der Waals surface area (Å²) in [6.07, 6.45) is 4.81. The van der Waals surface area contributed by atoms with E-state index in [2.05, 4.69) is 6.07 Å². The molecule has 2 atom stereocenters. The van der Waals surface area contributed by atoms with Crippen LogP contribution in [0.5, 0.6) is 0 Å². The summed E-state index contributed by atoms with van der Waals surface area (Å²) in [6, 6.07) is 8.04. The van der Waals surface area contributed by atoms with E-state index < -0.39 is 9.84 Å². The van der Waals surface area contributed by atoms with Crippen LogP contribution in [-0.4, -0.2) is 32.1 Å². The first kappa shape index (κ1) is 14.4. The van der Waals surface area contributed by atoms with E-state index in [1.54, 1.807) is 0 Å². The van der Waals surface area contributed by atoms with Crippen LogP contribution < -0.4 is 0 Å². The number of hydrogen-bond acceptors (Lipinski definition) is 4. The monoisotopic (exact) mass is 320 g/mol. The van der Waals surface area contributed by atoms with Gasteiger partial charge in [-0.15, -0.1) is 0 Å². The molecule has 0 amide bonds.